The molecule has 7 heteroatoms. The number of benzene rings is 1. The number of hydrogen-bond acceptors (Lipinski definition) is 5. The number of rotatable bonds is 4. The van der Waals surface area contributed by atoms with Crippen LogP contribution in [0.1, 0.15) is 24.7 Å². The predicted octanol–water partition coefficient (Wildman–Crippen LogP) is 2.79. The maximum absolute atomic E-state index is 12.1. The van der Waals surface area contributed by atoms with Crippen molar-refractivity contribution in [2.75, 3.05) is 31.1 Å². The first-order valence-electron chi connectivity index (χ1n) is 8.18. The highest BCUT2D eigenvalue weighted by molar-refractivity contribution is 7.09. The van der Waals surface area contributed by atoms with Crippen LogP contribution in [-0.4, -0.2) is 51.7 Å². The lowest BCUT2D eigenvalue weighted by molar-refractivity contribution is -0.130. The van der Waals surface area contributed by atoms with Gasteiger partial charge in [0.1, 0.15) is 11.2 Å². The van der Waals surface area contributed by atoms with Crippen LogP contribution in [0.25, 0.3) is 0 Å². The van der Waals surface area contributed by atoms with E-state index in [0.717, 1.165) is 43.4 Å². The van der Waals surface area contributed by atoms with Crippen molar-refractivity contribution in [2.45, 2.75) is 25.1 Å². The Morgan fingerprint density at radius 1 is 1.25 bits per heavy atom. The molecule has 2 heterocycles. The largest absolute Gasteiger partial charge is 0.345 e. The van der Waals surface area contributed by atoms with Crippen molar-refractivity contribution in [3.8, 4) is 0 Å². The second kappa shape index (κ2) is 7.94. The van der Waals surface area contributed by atoms with Crippen LogP contribution < -0.4 is 4.90 Å². The summed E-state index contributed by atoms with van der Waals surface area (Å²) < 4.78 is 4.49. The van der Waals surface area contributed by atoms with Gasteiger partial charge in [-0.25, -0.2) is 4.98 Å². The molecule has 3 rings (SSSR count). The highest BCUT2D eigenvalue weighted by atomic mass is 35.5. The lowest BCUT2D eigenvalue weighted by Crippen LogP contribution is -2.38. The molecule has 1 aromatic heterocycles. The lowest BCUT2D eigenvalue weighted by Gasteiger charge is -2.22. The maximum Gasteiger partial charge on any atom is 0.240 e. The predicted molar refractivity (Wildman–Crippen MR) is 97.9 cm³/mol. The molecule has 0 N–H and O–H groups in total. The van der Waals surface area contributed by atoms with Crippen LogP contribution in [0.3, 0.4) is 0 Å². The van der Waals surface area contributed by atoms with Crippen molar-refractivity contribution >= 4 is 34.2 Å². The van der Waals surface area contributed by atoms with E-state index in [1.54, 1.807) is 6.92 Å². The third kappa shape index (κ3) is 4.24. The SMILES string of the molecule is CC(Cl)C(=O)N1CCCN(c2nc(Cc3ccccc3)ns2)CC1. The Bertz CT molecular complexity index is 676. The zero-order valence-corrected chi connectivity index (χ0v) is 15.3. The number of nitrogens with zero attached hydrogens (tertiary/aromatic N) is 4. The molecule has 2 aromatic rings. The van der Waals surface area contributed by atoms with E-state index in [1.165, 1.54) is 17.1 Å². The summed E-state index contributed by atoms with van der Waals surface area (Å²) in [6.07, 6.45) is 1.67. The van der Waals surface area contributed by atoms with Crippen molar-refractivity contribution in [3.63, 3.8) is 0 Å². The summed E-state index contributed by atoms with van der Waals surface area (Å²) in [4.78, 5) is 20.8. The molecule has 1 atom stereocenters. The second-order valence-corrected chi connectivity index (χ2v) is 7.32. The van der Waals surface area contributed by atoms with E-state index in [9.17, 15) is 4.79 Å². The summed E-state index contributed by atoms with van der Waals surface area (Å²) in [6, 6.07) is 10.2. The highest BCUT2D eigenvalue weighted by Crippen LogP contribution is 2.21. The quantitative estimate of drug-likeness (QED) is 0.783. The minimum atomic E-state index is -0.462. The average molecular weight is 365 g/mol. The van der Waals surface area contributed by atoms with Gasteiger partial charge in [-0.1, -0.05) is 30.3 Å². The molecule has 1 fully saturated rings. The first kappa shape index (κ1) is 17.2. The lowest BCUT2D eigenvalue weighted by atomic mass is 10.1. The number of anilines is 1. The molecule has 0 bridgehead atoms. The number of alkyl halides is 1. The van der Waals surface area contributed by atoms with Gasteiger partial charge in [-0.2, -0.15) is 4.37 Å². The maximum atomic E-state index is 12.1. The smallest absolute Gasteiger partial charge is 0.240 e. The Morgan fingerprint density at radius 3 is 2.79 bits per heavy atom. The Morgan fingerprint density at radius 2 is 2.04 bits per heavy atom. The third-order valence-corrected chi connectivity index (χ3v) is 5.08. The minimum Gasteiger partial charge on any atom is -0.345 e. The van der Waals surface area contributed by atoms with Crippen LogP contribution >= 0.6 is 23.1 Å². The van der Waals surface area contributed by atoms with E-state index < -0.39 is 5.38 Å². The molecule has 1 aliphatic rings. The number of halogens is 1. The summed E-state index contributed by atoms with van der Waals surface area (Å²) in [6.45, 7) is 4.83. The molecule has 24 heavy (non-hydrogen) atoms. The van der Waals surface area contributed by atoms with E-state index in [-0.39, 0.29) is 5.91 Å². The minimum absolute atomic E-state index is 0.0144. The fourth-order valence-electron chi connectivity index (χ4n) is 2.80. The van der Waals surface area contributed by atoms with E-state index in [4.69, 9.17) is 11.6 Å². The van der Waals surface area contributed by atoms with Gasteiger partial charge in [0.15, 0.2) is 0 Å². The van der Waals surface area contributed by atoms with Crippen molar-refractivity contribution in [1.29, 1.82) is 0 Å². The number of hydrogen-bond donors (Lipinski definition) is 0. The van der Waals surface area contributed by atoms with Gasteiger partial charge in [0.05, 0.1) is 0 Å². The summed E-state index contributed by atoms with van der Waals surface area (Å²) in [5, 5.41) is 0.477. The fraction of sp³-hybridized carbons (Fsp3) is 0.471. The molecule has 1 aliphatic heterocycles. The summed E-state index contributed by atoms with van der Waals surface area (Å²) in [5.74, 6) is 0.869. The summed E-state index contributed by atoms with van der Waals surface area (Å²) in [7, 11) is 0. The Kier molecular flexibility index (Phi) is 5.68. The Balaban J connectivity index is 1.62. The van der Waals surface area contributed by atoms with Crippen LogP contribution in [-0.2, 0) is 11.2 Å². The van der Waals surface area contributed by atoms with E-state index in [2.05, 4.69) is 26.4 Å². The van der Waals surface area contributed by atoms with Crippen LogP contribution in [0, 0.1) is 0 Å². The molecule has 0 saturated carbocycles. The van der Waals surface area contributed by atoms with Gasteiger partial charge in [0.25, 0.3) is 0 Å². The van der Waals surface area contributed by atoms with E-state index in [1.807, 2.05) is 23.1 Å². The van der Waals surface area contributed by atoms with Crippen LogP contribution in [0.2, 0.25) is 0 Å². The molecule has 128 valence electrons. The molecule has 0 aliphatic carbocycles. The van der Waals surface area contributed by atoms with E-state index in [0.29, 0.717) is 6.54 Å². The molecule has 0 radical (unpaired) electrons. The Labute approximate surface area is 151 Å². The molecule has 1 aromatic carbocycles. The zero-order chi connectivity index (χ0) is 16.9. The monoisotopic (exact) mass is 364 g/mol. The van der Waals surface area contributed by atoms with Crippen LogP contribution in [0.5, 0.6) is 0 Å². The van der Waals surface area contributed by atoms with Crippen LogP contribution in [0.4, 0.5) is 5.13 Å². The third-order valence-electron chi connectivity index (χ3n) is 4.08. The summed E-state index contributed by atoms with van der Waals surface area (Å²) in [5.41, 5.74) is 1.21. The molecule has 0 spiro atoms. The van der Waals surface area contributed by atoms with Crippen molar-refractivity contribution in [1.82, 2.24) is 14.3 Å². The first-order valence-corrected chi connectivity index (χ1v) is 9.39. The number of amides is 1. The van der Waals surface area contributed by atoms with Crippen molar-refractivity contribution in [3.05, 3.63) is 41.7 Å². The molecular weight excluding hydrogens is 344 g/mol. The average Bonchev–Trinajstić information content (AvgIpc) is 2.90. The molecule has 1 amide bonds. The zero-order valence-electron chi connectivity index (χ0n) is 13.7. The van der Waals surface area contributed by atoms with Gasteiger partial charge < -0.3 is 9.80 Å². The highest BCUT2D eigenvalue weighted by Gasteiger charge is 2.23. The normalized spacial score (nSPS) is 16.8. The van der Waals surface area contributed by atoms with Gasteiger partial charge in [-0.15, -0.1) is 11.6 Å². The fourth-order valence-corrected chi connectivity index (χ4v) is 3.68. The summed E-state index contributed by atoms with van der Waals surface area (Å²) >= 11 is 7.36. The standard InChI is InChI=1S/C17H21ClN4OS/c1-13(18)16(23)21-8-5-9-22(11-10-21)17-19-15(20-24-17)12-14-6-3-2-4-7-14/h2-4,6-7,13H,5,8-12H2,1H3. The second-order valence-electron chi connectivity index (χ2n) is 5.94. The number of carbonyl (C=O) groups excluding carboxylic acids is 1. The molecular formula is C17H21ClN4OS. The first-order chi connectivity index (χ1) is 11.6. The molecule has 1 saturated heterocycles. The van der Waals surface area contributed by atoms with Crippen molar-refractivity contribution < 1.29 is 4.79 Å². The molecule has 1 unspecified atom stereocenters. The molecule has 5 nitrogen and oxygen atoms in total. The number of carbonyl (C=O) groups is 1. The van der Waals surface area contributed by atoms with Gasteiger partial charge in [-0.3, -0.25) is 4.79 Å². The number of aromatic nitrogens is 2. The van der Waals surface area contributed by atoms with Crippen LogP contribution in [0.15, 0.2) is 30.3 Å². The van der Waals surface area contributed by atoms with Gasteiger partial charge >= 0.3 is 0 Å². The van der Waals surface area contributed by atoms with E-state index >= 15 is 0 Å². The van der Waals surface area contributed by atoms with Gasteiger partial charge in [0.2, 0.25) is 11.0 Å². The van der Waals surface area contributed by atoms with Gasteiger partial charge in [-0.05, 0) is 18.9 Å². The van der Waals surface area contributed by atoms with Crippen molar-refractivity contribution in [2.24, 2.45) is 0 Å². The van der Waals surface area contributed by atoms with Gasteiger partial charge in [0, 0.05) is 44.1 Å². The Hall–Kier alpha value is -1.66. The topological polar surface area (TPSA) is 49.3 Å².